The summed E-state index contributed by atoms with van der Waals surface area (Å²) in [6, 6.07) is 7.15. The number of anilines is 1. The molecule has 1 heterocycles. The standard InChI is InChI=1S/C12H10ClN3O/c1-8-6-16-12(17-8)7-15-11-4-10(13)3-2-9(11)5-14/h2-4,6,15H,7H2,1H3. The van der Waals surface area contributed by atoms with Crippen molar-refractivity contribution in [3.05, 3.63) is 46.6 Å². The van der Waals surface area contributed by atoms with E-state index in [1.807, 2.05) is 6.92 Å². The van der Waals surface area contributed by atoms with E-state index in [9.17, 15) is 0 Å². The summed E-state index contributed by atoms with van der Waals surface area (Å²) in [4.78, 5) is 4.06. The number of oxazole rings is 1. The molecule has 0 aliphatic heterocycles. The first kappa shape index (κ1) is 11.5. The largest absolute Gasteiger partial charge is 0.444 e. The molecule has 0 bridgehead atoms. The fraction of sp³-hybridized carbons (Fsp3) is 0.167. The van der Waals surface area contributed by atoms with Gasteiger partial charge in [-0.15, -0.1) is 0 Å². The van der Waals surface area contributed by atoms with Crippen LogP contribution in [0.2, 0.25) is 5.02 Å². The second-order valence-corrected chi connectivity index (χ2v) is 3.96. The Balaban J connectivity index is 2.13. The molecule has 1 aromatic carbocycles. The van der Waals surface area contributed by atoms with Gasteiger partial charge in [0.05, 0.1) is 24.0 Å². The van der Waals surface area contributed by atoms with Crippen molar-refractivity contribution in [3.8, 4) is 6.07 Å². The number of nitriles is 1. The minimum atomic E-state index is 0.420. The lowest BCUT2D eigenvalue weighted by atomic mass is 10.2. The Kier molecular flexibility index (Phi) is 3.31. The third-order valence-electron chi connectivity index (χ3n) is 2.20. The number of aromatic nitrogens is 1. The highest BCUT2D eigenvalue weighted by Gasteiger charge is 2.05. The molecule has 2 rings (SSSR count). The summed E-state index contributed by atoms with van der Waals surface area (Å²) in [6.45, 7) is 2.25. The molecule has 0 amide bonds. The maximum atomic E-state index is 8.94. The van der Waals surface area contributed by atoms with Crippen LogP contribution in [0.1, 0.15) is 17.2 Å². The number of nitrogens with zero attached hydrogens (tertiary/aromatic N) is 2. The van der Waals surface area contributed by atoms with Crippen molar-refractivity contribution < 1.29 is 4.42 Å². The number of aryl methyl sites for hydroxylation is 1. The quantitative estimate of drug-likeness (QED) is 0.905. The van der Waals surface area contributed by atoms with E-state index in [0.717, 1.165) is 5.76 Å². The van der Waals surface area contributed by atoms with Crippen LogP contribution < -0.4 is 5.32 Å². The Bertz CT molecular complexity index is 571. The second kappa shape index (κ2) is 4.89. The third-order valence-corrected chi connectivity index (χ3v) is 2.44. The first-order valence-corrected chi connectivity index (χ1v) is 5.41. The number of benzene rings is 1. The van der Waals surface area contributed by atoms with Gasteiger partial charge in [-0.3, -0.25) is 0 Å². The second-order valence-electron chi connectivity index (χ2n) is 3.52. The van der Waals surface area contributed by atoms with Gasteiger partial charge in [-0.2, -0.15) is 5.26 Å². The van der Waals surface area contributed by atoms with Crippen LogP contribution in [0, 0.1) is 18.3 Å². The summed E-state index contributed by atoms with van der Waals surface area (Å²) in [5.41, 5.74) is 1.22. The lowest BCUT2D eigenvalue weighted by Crippen LogP contribution is -2.01. The fourth-order valence-corrected chi connectivity index (χ4v) is 1.59. The average Bonchev–Trinajstić information content (AvgIpc) is 2.73. The predicted octanol–water partition coefficient (Wildman–Crippen LogP) is 3.12. The minimum Gasteiger partial charge on any atom is -0.444 e. The first-order chi connectivity index (χ1) is 8.19. The molecule has 0 aliphatic rings. The normalized spacial score (nSPS) is 9.94. The van der Waals surface area contributed by atoms with Gasteiger partial charge in [-0.1, -0.05) is 11.6 Å². The summed E-state index contributed by atoms with van der Waals surface area (Å²) in [5, 5.41) is 12.6. The average molecular weight is 248 g/mol. The molecule has 1 aromatic heterocycles. The van der Waals surface area contributed by atoms with Gasteiger partial charge in [0.2, 0.25) is 5.89 Å². The molecule has 2 aromatic rings. The van der Waals surface area contributed by atoms with Gasteiger partial charge in [0, 0.05) is 5.02 Å². The highest BCUT2D eigenvalue weighted by molar-refractivity contribution is 6.30. The summed E-state index contributed by atoms with van der Waals surface area (Å²) in [7, 11) is 0. The van der Waals surface area contributed by atoms with E-state index in [2.05, 4.69) is 16.4 Å². The highest BCUT2D eigenvalue weighted by Crippen LogP contribution is 2.20. The molecule has 0 saturated heterocycles. The molecule has 0 spiro atoms. The van der Waals surface area contributed by atoms with Crippen molar-refractivity contribution >= 4 is 17.3 Å². The minimum absolute atomic E-state index is 0.420. The number of hydrogen-bond acceptors (Lipinski definition) is 4. The Morgan fingerprint density at radius 1 is 1.53 bits per heavy atom. The van der Waals surface area contributed by atoms with Crippen LogP contribution in [0.3, 0.4) is 0 Å². The topological polar surface area (TPSA) is 61.9 Å². The van der Waals surface area contributed by atoms with Crippen LogP contribution in [0.5, 0.6) is 0 Å². The van der Waals surface area contributed by atoms with Crippen LogP contribution in [0.25, 0.3) is 0 Å². The number of hydrogen-bond donors (Lipinski definition) is 1. The smallest absolute Gasteiger partial charge is 0.213 e. The van der Waals surface area contributed by atoms with Gasteiger partial charge in [0.15, 0.2) is 0 Å². The van der Waals surface area contributed by atoms with E-state index in [4.69, 9.17) is 21.3 Å². The summed E-state index contributed by atoms with van der Waals surface area (Å²) >= 11 is 5.87. The maximum absolute atomic E-state index is 8.94. The van der Waals surface area contributed by atoms with E-state index in [1.165, 1.54) is 0 Å². The maximum Gasteiger partial charge on any atom is 0.213 e. The van der Waals surface area contributed by atoms with Crippen LogP contribution in [0.15, 0.2) is 28.8 Å². The molecular formula is C12H10ClN3O. The number of rotatable bonds is 3. The van der Waals surface area contributed by atoms with E-state index in [1.54, 1.807) is 24.4 Å². The monoisotopic (exact) mass is 247 g/mol. The molecule has 17 heavy (non-hydrogen) atoms. The molecule has 0 saturated carbocycles. The zero-order valence-corrected chi connectivity index (χ0v) is 9.95. The van der Waals surface area contributed by atoms with E-state index < -0.39 is 0 Å². The first-order valence-electron chi connectivity index (χ1n) is 5.04. The van der Waals surface area contributed by atoms with Crippen molar-refractivity contribution in [3.63, 3.8) is 0 Å². The molecule has 0 unspecified atom stereocenters. The van der Waals surface area contributed by atoms with Crippen molar-refractivity contribution in [1.82, 2.24) is 4.98 Å². The van der Waals surface area contributed by atoms with Gasteiger partial charge < -0.3 is 9.73 Å². The van der Waals surface area contributed by atoms with Gasteiger partial charge in [0.1, 0.15) is 11.8 Å². The summed E-state index contributed by atoms with van der Waals surface area (Å²) < 4.78 is 5.32. The van der Waals surface area contributed by atoms with Crippen molar-refractivity contribution in [2.24, 2.45) is 0 Å². The summed E-state index contributed by atoms with van der Waals surface area (Å²) in [5.74, 6) is 1.33. The van der Waals surface area contributed by atoms with Crippen LogP contribution in [-0.4, -0.2) is 4.98 Å². The van der Waals surface area contributed by atoms with Crippen molar-refractivity contribution in [1.29, 1.82) is 5.26 Å². The van der Waals surface area contributed by atoms with Crippen molar-refractivity contribution in [2.45, 2.75) is 13.5 Å². The van der Waals surface area contributed by atoms with Gasteiger partial charge in [-0.25, -0.2) is 4.98 Å². The van der Waals surface area contributed by atoms with Gasteiger partial charge in [-0.05, 0) is 25.1 Å². The molecule has 86 valence electrons. The Hall–Kier alpha value is -1.99. The Morgan fingerprint density at radius 2 is 2.35 bits per heavy atom. The zero-order valence-electron chi connectivity index (χ0n) is 9.20. The molecule has 0 radical (unpaired) electrons. The fourth-order valence-electron chi connectivity index (χ4n) is 1.41. The van der Waals surface area contributed by atoms with E-state index >= 15 is 0 Å². The lowest BCUT2D eigenvalue weighted by Gasteiger charge is -2.06. The van der Waals surface area contributed by atoms with Gasteiger partial charge in [0.25, 0.3) is 0 Å². The SMILES string of the molecule is Cc1cnc(CNc2cc(Cl)ccc2C#N)o1. The highest BCUT2D eigenvalue weighted by atomic mass is 35.5. The zero-order chi connectivity index (χ0) is 12.3. The molecule has 4 nitrogen and oxygen atoms in total. The Labute approximate surface area is 104 Å². The van der Waals surface area contributed by atoms with Crippen LogP contribution in [0.4, 0.5) is 5.69 Å². The van der Waals surface area contributed by atoms with E-state index in [-0.39, 0.29) is 0 Å². The number of nitrogens with one attached hydrogen (secondary N) is 1. The summed E-state index contributed by atoms with van der Waals surface area (Å²) in [6.07, 6.45) is 1.65. The number of halogens is 1. The third kappa shape index (κ3) is 2.77. The molecular weight excluding hydrogens is 238 g/mol. The van der Waals surface area contributed by atoms with Crippen molar-refractivity contribution in [2.75, 3.05) is 5.32 Å². The molecule has 5 heteroatoms. The van der Waals surface area contributed by atoms with Gasteiger partial charge >= 0.3 is 0 Å². The van der Waals surface area contributed by atoms with Crippen LogP contribution in [-0.2, 0) is 6.54 Å². The molecule has 0 aliphatic carbocycles. The molecule has 0 fully saturated rings. The molecule has 1 N–H and O–H groups in total. The van der Waals surface area contributed by atoms with Crippen LogP contribution >= 0.6 is 11.6 Å². The lowest BCUT2D eigenvalue weighted by molar-refractivity contribution is 0.479. The molecule has 0 atom stereocenters. The van der Waals surface area contributed by atoms with E-state index in [0.29, 0.717) is 28.7 Å². The predicted molar refractivity (Wildman–Crippen MR) is 64.7 cm³/mol. The Morgan fingerprint density at radius 3 is 3.00 bits per heavy atom.